The van der Waals surface area contributed by atoms with E-state index in [-0.39, 0.29) is 6.10 Å². The van der Waals surface area contributed by atoms with Gasteiger partial charge in [0, 0.05) is 18.4 Å². The number of fused-ring (bicyclic) bond motifs is 1. The van der Waals surface area contributed by atoms with Gasteiger partial charge in [-0.3, -0.25) is 4.79 Å². The summed E-state index contributed by atoms with van der Waals surface area (Å²) < 4.78 is 5.87. The molecule has 20 heavy (non-hydrogen) atoms. The van der Waals surface area contributed by atoms with Crippen molar-refractivity contribution >= 4 is 6.29 Å². The van der Waals surface area contributed by atoms with E-state index in [2.05, 4.69) is 18.1 Å². The van der Waals surface area contributed by atoms with E-state index in [4.69, 9.17) is 9.84 Å². The molecule has 0 saturated heterocycles. The van der Waals surface area contributed by atoms with E-state index in [0.29, 0.717) is 12.3 Å². The highest BCUT2D eigenvalue weighted by Gasteiger charge is 2.25. The second kappa shape index (κ2) is 8.30. The van der Waals surface area contributed by atoms with Crippen molar-refractivity contribution in [2.24, 2.45) is 0 Å². The molecule has 1 atom stereocenters. The molecular formula is C16H21NO3. The van der Waals surface area contributed by atoms with Crippen molar-refractivity contribution in [2.75, 3.05) is 13.7 Å². The minimum atomic E-state index is 0.0677. The Kier molecular flexibility index (Phi) is 6.70. The van der Waals surface area contributed by atoms with Crippen LogP contribution in [0.5, 0.6) is 0 Å². The van der Waals surface area contributed by atoms with E-state index in [0.717, 1.165) is 43.1 Å². The minimum absolute atomic E-state index is 0.0677. The lowest BCUT2D eigenvalue weighted by atomic mass is 10.2. The van der Waals surface area contributed by atoms with Crippen molar-refractivity contribution < 1.29 is 14.6 Å². The number of hydrogen-bond acceptors (Lipinski definition) is 3. The van der Waals surface area contributed by atoms with Crippen molar-refractivity contribution in [3.63, 3.8) is 0 Å². The molecule has 2 N–H and O–H groups in total. The largest absolute Gasteiger partial charge is 0.400 e. The summed E-state index contributed by atoms with van der Waals surface area (Å²) in [5.41, 5.74) is 3.86. The lowest BCUT2D eigenvalue weighted by molar-refractivity contribution is 0.0723. The Morgan fingerprint density at radius 2 is 2.30 bits per heavy atom. The number of aryl methyl sites for hydroxylation is 1. The van der Waals surface area contributed by atoms with Crippen LogP contribution in [0.25, 0.3) is 0 Å². The maximum absolute atomic E-state index is 10.7. The standard InChI is InChI=1S/C15H17NO2.CH4O/c1-3-5-11(4-2)10-18-15-7-6-14-13(15)8-12(9-17)16-14;1-2/h3-5,8-9,15-16H,1-2,6-7,10H2;2H,1H3/b11-5+;. The Morgan fingerprint density at radius 3 is 2.90 bits per heavy atom. The molecule has 2 rings (SSSR count). The van der Waals surface area contributed by atoms with Crippen LogP contribution in [-0.4, -0.2) is 30.1 Å². The van der Waals surface area contributed by atoms with E-state index in [1.807, 2.05) is 12.1 Å². The second-order valence-electron chi connectivity index (χ2n) is 4.30. The molecule has 0 radical (unpaired) electrons. The van der Waals surface area contributed by atoms with Gasteiger partial charge in [0.2, 0.25) is 0 Å². The third-order valence-electron chi connectivity index (χ3n) is 3.13. The van der Waals surface area contributed by atoms with Crippen LogP contribution < -0.4 is 0 Å². The number of aromatic nitrogens is 1. The molecule has 0 fully saturated rings. The normalized spacial score (nSPS) is 16.9. The highest BCUT2D eigenvalue weighted by Crippen LogP contribution is 2.34. The first-order chi connectivity index (χ1) is 9.78. The first-order valence-electron chi connectivity index (χ1n) is 6.45. The van der Waals surface area contributed by atoms with Gasteiger partial charge in [-0.15, -0.1) is 0 Å². The molecule has 4 heteroatoms. The van der Waals surface area contributed by atoms with Crippen LogP contribution in [0.1, 0.15) is 34.3 Å². The summed E-state index contributed by atoms with van der Waals surface area (Å²) in [5.74, 6) is 0. The van der Waals surface area contributed by atoms with Crippen LogP contribution in [0.15, 0.2) is 43.0 Å². The van der Waals surface area contributed by atoms with Crippen LogP contribution >= 0.6 is 0 Å². The highest BCUT2D eigenvalue weighted by atomic mass is 16.5. The summed E-state index contributed by atoms with van der Waals surface area (Å²) in [4.78, 5) is 13.8. The molecule has 108 valence electrons. The van der Waals surface area contributed by atoms with Crippen molar-refractivity contribution in [1.82, 2.24) is 4.98 Å². The van der Waals surface area contributed by atoms with Gasteiger partial charge in [0.25, 0.3) is 0 Å². The Hall–Kier alpha value is -1.91. The Balaban J connectivity index is 0.000000956. The fourth-order valence-electron chi connectivity index (χ4n) is 2.22. The molecule has 1 aromatic rings. The molecule has 0 spiro atoms. The van der Waals surface area contributed by atoms with E-state index in [9.17, 15) is 4.79 Å². The van der Waals surface area contributed by atoms with Gasteiger partial charge < -0.3 is 14.8 Å². The smallest absolute Gasteiger partial charge is 0.166 e. The predicted octanol–water partition coefficient (Wildman–Crippen LogP) is 2.74. The maximum atomic E-state index is 10.7. The number of carbonyl (C=O) groups is 1. The number of aromatic amines is 1. The van der Waals surface area contributed by atoms with Crippen LogP contribution in [-0.2, 0) is 11.2 Å². The molecule has 1 aliphatic carbocycles. The number of carbonyl (C=O) groups excluding carboxylic acids is 1. The number of aldehydes is 1. The lowest BCUT2D eigenvalue weighted by Gasteiger charge is -2.12. The van der Waals surface area contributed by atoms with Crippen LogP contribution in [0, 0.1) is 0 Å². The zero-order chi connectivity index (χ0) is 15.0. The minimum Gasteiger partial charge on any atom is -0.400 e. The second-order valence-corrected chi connectivity index (χ2v) is 4.30. The average Bonchev–Trinajstić information content (AvgIpc) is 3.06. The molecule has 1 aromatic heterocycles. The Bertz CT molecular complexity index is 500. The Labute approximate surface area is 119 Å². The monoisotopic (exact) mass is 275 g/mol. The van der Waals surface area contributed by atoms with Crippen molar-refractivity contribution in [3.05, 3.63) is 60.0 Å². The third-order valence-corrected chi connectivity index (χ3v) is 3.13. The summed E-state index contributed by atoms with van der Waals surface area (Å²) in [6.45, 7) is 7.91. The molecule has 4 nitrogen and oxygen atoms in total. The number of aliphatic hydroxyl groups excluding tert-OH is 1. The number of hydrogen-bond donors (Lipinski definition) is 2. The van der Waals surface area contributed by atoms with Gasteiger partial charge in [-0.1, -0.05) is 31.4 Å². The fourth-order valence-corrected chi connectivity index (χ4v) is 2.22. The predicted molar refractivity (Wildman–Crippen MR) is 79.8 cm³/mol. The maximum Gasteiger partial charge on any atom is 0.166 e. The number of rotatable bonds is 6. The topological polar surface area (TPSA) is 62.3 Å². The van der Waals surface area contributed by atoms with Crippen molar-refractivity contribution in [3.8, 4) is 0 Å². The van der Waals surface area contributed by atoms with Crippen LogP contribution in [0.2, 0.25) is 0 Å². The van der Waals surface area contributed by atoms with Gasteiger partial charge in [-0.05, 0) is 24.5 Å². The summed E-state index contributed by atoms with van der Waals surface area (Å²) in [6, 6.07) is 1.88. The first kappa shape index (κ1) is 16.1. The van der Waals surface area contributed by atoms with Crippen molar-refractivity contribution in [1.29, 1.82) is 0 Å². The van der Waals surface area contributed by atoms with Gasteiger partial charge in [-0.2, -0.15) is 0 Å². The summed E-state index contributed by atoms with van der Waals surface area (Å²) >= 11 is 0. The molecule has 0 aromatic carbocycles. The van der Waals surface area contributed by atoms with E-state index < -0.39 is 0 Å². The van der Waals surface area contributed by atoms with Crippen LogP contribution in [0.3, 0.4) is 0 Å². The molecule has 0 aliphatic heterocycles. The summed E-state index contributed by atoms with van der Waals surface area (Å²) in [7, 11) is 1.00. The quantitative estimate of drug-likeness (QED) is 0.620. The molecule has 1 heterocycles. The number of H-pyrrole nitrogens is 1. The summed E-state index contributed by atoms with van der Waals surface area (Å²) in [6.07, 6.45) is 8.17. The third kappa shape index (κ3) is 3.79. The molecule has 1 aliphatic rings. The van der Waals surface area contributed by atoms with E-state index in [1.54, 1.807) is 12.2 Å². The molecular weight excluding hydrogens is 254 g/mol. The molecule has 0 bridgehead atoms. The Morgan fingerprint density at radius 1 is 1.55 bits per heavy atom. The zero-order valence-electron chi connectivity index (χ0n) is 11.8. The highest BCUT2D eigenvalue weighted by molar-refractivity contribution is 5.73. The SMILES string of the molecule is C=C/C=C(\C=C)COC1CCc2[nH]c(C=O)cc21.CO. The lowest BCUT2D eigenvalue weighted by Crippen LogP contribution is -2.02. The molecule has 0 saturated carbocycles. The zero-order valence-corrected chi connectivity index (χ0v) is 11.8. The number of allylic oxidation sites excluding steroid dienone is 2. The summed E-state index contributed by atoms with van der Waals surface area (Å²) in [5, 5.41) is 7.00. The van der Waals surface area contributed by atoms with Gasteiger partial charge in [0.05, 0.1) is 18.4 Å². The molecule has 1 unspecified atom stereocenters. The fraction of sp³-hybridized carbons (Fsp3) is 0.312. The van der Waals surface area contributed by atoms with Crippen molar-refractivity contribution in [2.45, 2.75) is 18.9 Å². The van der Waals surface area contributed by atoms with E-state index >= 15 is 0 Å². The van der Waals surface area contributed by atoms with Gasteiger partial charge in [0.1, 0.15) is 0 Å². The number of ether oxygens (including phenoxy) is 1. The van der Waals surface area contributed by atoms with Gasteiger partial charge in [-0.25, -0.2) is 0 Å². The van der Waals surface area contributed by atoms with Crippen LogP contribution in [0.4, 0.5) is 0 Å². The average molecular weight is 275 g/mol. The first-order valence-corrected chi connectivity index (χ1v) is 6.45. The van der Waals surface area contributed by atoms with Gasteiger partial charge >= 0.3 is 0 Å². The molecule has 0 amide bonds. The number of nitrogens with one attached hydrogen (secondary N) is 1. The van der Waals surface area contributed by atoms with E-state index in [1.165, 1.54) is 0 Å². The van der Waals surface area contributed by atoms with Gasteiger partial charge in [0.15, 0.2) is 6.29 Å². The number of aliphatic hydroxyl groups is 1.